The largest absolute Gasteiger partial charge is 0.379 e. The minimum atomic E-state index is -0.627. The van der Waals surface area contributed by atoms with E-state index >= 15 is 0 Å². The molecule has 0 spiro atoms. The van der Waals surface area contributed by atoms with Crippen molar-refractivity contribution in [1.82, 2.24) is 19.8 Å². The van der Waals surface area contributed by atoms with E-state index in [4.69, 9.17) is 27.9 Å². The molecule has 1 unspecified atom stereocenters. The van der Waals surface area contributed by atoms with Crippen LogP contribution in [-0.2, 0) is 22.5 Å². The zero-order chi connectivity index (χ0) is 25.4. The van der Waals surface area contributed by atoms with Gasteiger partial charge in [-0.05, 0) is 48.7 Å². The standard InChI is InChI=1S/C25H26Cl2FN5O3/c1-14-24-15(8-16(26)9-18(24)27)2-3-33(14)23(34)12-29-21-11-20-17(10-19(21)28)25(35)31-22(30-20)13-32-4-6-36-7-5-32/h8-11,14,29H,2-7,12-13H2,1H3,(H,30,31,35). The predicted molar refractivity (Wildman–Crippen MR) is 137 cm³/mol. The molecule has 0 radical (unpaired) electrons. The molecule has 2 N–H and O–H groups in total. The first-order valence-electron chi connectivity index (χ1n) is 11.8. The van der Waals surface area contributed by atoms with E-state index in [0.29, 0.717) is 54.1 Å². The van der Waals surface area contributed by atoms with Crippen molar-refractivity contribution >= 4 is 45.7 Å². The summed E-state index contributed by atoms with van der Waals surface area (Å²) < 4.78 is 20.2. The molecular weight excluding hydrogens is 508 g/mol. The molecular formula is C25H26Cl2FN5O3. The zero-order valence-corrected chi connectivity index (χ0v) is 21.3. The van der Waals surface area contributed by atoms with Crippen molar-refractivity contribution in [3.8, 4) is 0 Å². The minimum Gasteiger partial charge on any atom is -0.379 e. The van der Waals surface area contributed by atoms with Crippen LogP contribution in [0.1, 0.15) is 29.9 Å². The van der Waals surface area contributed by atoms with Gasteiger partial charge < -0.3 is 19.9 Å². The maximum absolute atomic E-state index is 14.8. The first kappa shape index (κ1) is 25.0. The Morgan fingerprint density at radius 3 is 2.78 bits per heavy atom. The summed E-state index contributed by atoms with van der Waals surface area (Å²) >= 11 is 12.5. The number of aromatic nitrogens is 2. The molecule has 190 valence electrons. The van der Waals surface area contributed by atoms with E-state index in [1.165, 1.54) is 6.07 Å². The number of fused-ring (bicyclic) bond motifs is 2. The number of anilines is 1. The molecule has 2 aliphatic rings. The Labute approximate surface area is 217 Å². The van der Waals surface area contributed by atoms with Crippen molar-refractivity contribution in [3.63, 3.8) is 0 Å². The number of nitrogens with zero attached hydrogens (tertiary/aromatic N) is 3. The van der Waals surface area contributed by atoms with E-state index in [1.54, 1.807) is 11.0 Å². The average Bonchev–Trinajstić information content (AvgIpc) is 2.83. The summed E-state index contributed by atoms with van der Waals surface area (Å²) in [6, 6.07) is 5.94. The lowest BCUT2D eigenvalue weighted by Gasteiger charge is -2.36. The summed E-state index contributed by atoms with van der Waals surface area (Å²) in [5, 5.41) is 4.15. The van der Waals surface area contributed by atoms with Gasteiger partial charge >= 0.3 is 0 Å². The molecule has 0 aliphatic carbocycles. The Balaban J connectivity index is 1.32. The van der Waals surface area contributed by atoms with Gasteiger partial charge in [0.15, 0.2) is 0 Å². The number of morpholine rings is 1. The Kier molecular flexibility index (Phi) is 7.16. The van der Waals surface area contributed by atoms with Crippen LogP contribution >= 0.6 is 23.2 Å². The molecule has 1 aromatic heterocycles. The molecule has 1 fully saturated rings. The number of hydrogen-bond acceptors (Lipinski definition) is 6. The van der Waals surface area contributed by atoms with E-state index in [2.05, 4.69) is 20.2 Å². The molecule has 8 nitrogen and oxygen atoms in total. The van der Waals surface area contributed by atoms with Crippen LogP contribution in [0.15, 0.2) is 29.1 Å². The molecule has 1 saturated heterocycles. The topological polar surface area (TPSA) is 90.6 Å². The number of aromatic amines is 1. The van der Waals surface area contributed by atoms with E-state index in [-0.39, 0.29) is 29.6 Å². The fourth-order valence-corrected chi connectivity index (χ4v) is 5.60. The molecule has 5 rings (SSSR count). The van der Waals surface area contributed by atoms with Gasteiger partial charge in [-0.2, -0.15) is 0 Å². The molecule has 2 aromatic carbocycles. The van der Waals surface area contributed by atoms with E-state index in [1.807, 2.05) is 13.0 Å². The van der Waals surface area contributed by atoms with E-state index in [0.717, 1.165) is 30.3 Å². The third-order valence-corrected chi connectivity index (χ3v) is 7.29. The number of carbonyl (C=O) groups excluding carboxylic acids is 1. The molecule has 0 bridgehead atoms. The Bertz CT molecular complexity index is 1380. The maximum atomic E-state index is 14.8. The summed E-state index contributed by atoms with van der Waals surface area (Å²) in [5.74, 6) is -0.315. The number of ether oxygens (including phenoxy) is 1. The third kappa shape index (κ3) is 5.06. The lowest BCUT2D eigenvalue weighted by Crippen LogP contribution is -2.42. The van der Waals surface area contributed by atoms with Gasteiger partial charge in [0.1, 0.15) is 11.6 Å². The van der Waals surface area contributed by atoms with Crippen LogP contribution in [0.3, 0.4) is 0 Å². The van der Waals surface area contributed by atoms with Crippen LogP contribution < -0.4 is 10.9 Å². The number of hydrogen-bond donors (Lipinski definition) is 2. The lowest BCUT2D eigenvalue weighted by molar-refractivity contribution is -0.131. The van der Waals surface area contributed by atoms with Gasteiger partial charge in [0, 0.05) is 29.7 Å². The van der Waals surface area contributed by atoms with Crippen LogP contribution in [-0.4, -0.2) is 65.1 Å². The van der Waals surface area contributed by atoms with Gasteiger partial charge in [0.2, 0.25) is 5.91 Å². The highest BCUT2D eigenvalue weighted by Crippen LogP contribution is 2.37. The van der Waals surface area contributed by atoms with Gasteiger partial charge in [0.25, 0.3) is 5.56 Å². The zero-order valence-electron chi connectivity index (χ0n) is 19.7. The smallest absolute Gasteiger partial charge is 0.258 e. The number of amides is 1. The number of nitrogens with one attached hydrogen (secondary N) is 2. The Hall–Kier alpha value is -2.72. The van der Waals surface area contributed by atoms with Gasteiger partial charge in [-0.15, -0.1) is 0 Å². The fourth-order valence-electron chi connectivity index (χ4n) is 4.91. The number of H-pyrrole nitrogens is 1. The fraction of sp³-hybridized carbons (Fsp3) is 0.400. The van der Waals surface area contributed by atoms with Crippen LogP contribution in [0, 0.1) is 5.82 Å². The Morgan fingerprint density at radius 1 is 1.22 bits per heavy atom. The first-order valence-corrected chi connectivity index (χ1v) is 12.6. The molecule has 3 heterocycles. The lowest BCUT2D eigenvalue weighted by atomic mass is 9.93. The van der Waals surface area contributed by atoms with E-state index < -0.39 is 11.4 Å². The van der Waals surface area contributed by atoms with Crippen molar-refractivity contribution in [2.75, 3.05) is 44.7 Å². The van der Waals surface area contributed by atoms with Crippen molar-refractivity contribution in [3.05, 3.63) is 67.4 Å². The molecule has 2 aliphatic heterocycles. The Morgan fingerprint density at radius 2 is 2.00 bits per heavy atom. The molecule has 1 atom stereocenters. The van der Waals surface area contributed by atoms with Gasteiger partial charge in [-0.1, -0.05) is 23.2 Å². The quantitative estimate of drug-likeness (QED) is 0.518. The van der Waals surface area contributed by atoms with Crippen LogP contribution in [0.4, 0.5) is 10.1 Å². The molecule has 3 aromatic rings. The summed E-state index contributed by atoms with van der Waals surface area (Å²) in [5.41, 5.74) is 1.99. The van der Waals surface area contributed by atoms with Gasteiger partial charge in [-0.25, -0.2) is 9.37 Å². The van der Waals surface area contributed by atoms with Crippen molar-refractivity contribution in [2.24, 2.45) is 0 Å². The summed E-state index contributed by atoms with van der Waals surface area (Å²) in [6.07, 6.45) is 0.634. The number of benzene rings is 2. The maximum Gasteiger partial charge on any atom is 0.258 e. The predicted octanol–water partition coefficient (Wildman–Crippen LogP) is 3.76. The molecule has 0 saturated carbocycles. The minimum absolute atomic E-state index is 0.112. The van der Waals surface area contributed by atoms with Crippen LogP contribution in [0.2, 0.25) is 10.0 Å². The average molecular weight is 534 g/mol. The summed E-state index contributed by atoms with van der Waals surface area (Å²) in [7, 11) is 0. The van der Waals surface area contributed by atoms with Crippen molar-refractivity contribution in [1.29, 1.82) is 0 Å². The van der Waals surface area contributed by atoms with Crippen LogP contribution in [0.5, 0.6) is 0 Å². The summed E-state index contributed by atoms with van der Waals surface area (Å²) in [6.45, 7) is 5.53. The SMILES string of the molecule is CC1c2c(Cl)cc(Cl)cc2CCN1C(=O)CNc1cc2nc(CN3CCOCC3)[nH]c(=O)c2cc1F. The second-order valence-corrected chi connectivity index (χ2v) is 9.92. The van der Waals surface area contributed by atoms with Gasteiger partial charge in [0.05, 0.1) is 48.9 Å². The monoisotopic (exact) mass is 533 g/mol. The van der Waals surface area contributed by atoms with Crippen molar-refractivity contribution < 1.29 is 13.9 Å². The van der Waals surface area contributed by atoms with E-state index in [9.17, 15) is 14.0 Å². The second kappa shape index (κ2) is 10.3. The molecule has 11 heteroatoms. The normalized spacial score (nSPS) is 18.3. The number of carbonyl (C=O) groups is 1. The van der Waals surface area contributed by atoms with Crippen LogP contribution in [0.25, 0.3) is 10.9 Å². The molecule has 36 heavy (non-hydrogen) atoms. The van der Waals surface area contributed by atoms with Crippen molar-refractivity contribution in [2.45, 2.75) is 25.9 Å². The highest BCUT2D eigenvalue weighted by molar-refractivity contribution is 6.35. The second-order valence-electron chi connectivity index (χ2n) is 9.08. The highest BCUT2D eigenvalue weighted by Gasteiger charge is 2.29. The summed E-state index contributed by atoms with van der Waals surface area (Å²) in [4.78, 5) is 36.7. The highest BCUT2D eigenvalue weighted by atomic mass is 35.5. The number of halogens is 3. The van der Waals surface area contributed by atoms with Gasteiger partial charge in [-0.3, -0.25) is 14.5 Å². The first-order chi connectivity index (χ1) is 17.3. The molecule has 1 amide bonds. The number of rotatable bonds is 5. The third-order valence-electron chi connectivity index (χ3n) is 6.76.